The molecule has 1 aromatic rings. The quantitative estimate of drug-likeness (QED) is 0.409. The maximum absolute atomic E-state index is 14.6. The molecule has 1 aliphatic carbocycles. The van der Waals surface area contributed by atoms with E-state index < -0.39 is 37.1 Å². The van der Waals surface area contributed by atoms with E-state index in [1.54, 1.807) is 27.7 Å². The van der Waals surface area contributed by atoms with Gasteiger partial charge in [0.05, 0.1) is 16.5 Å². The molecule has 1 aromatic carbocycles. The van der Waals surface area contributed by atoms with Crippen LogP contribution < -0.4 is 4.72 Å². The molecule has 0 bridgehead atoms. The van der Waals surface area contributed by atoms with Crippen molar-refractivity contribution >= 4 is 28.8 Å². The van der Waals surface area contributed by atoms with Gasteiger partial charge in [0.25, 0.3) is 5.69 Å². The smallest absolute Gasteiger partial charge is 0.269 e. The maximum Gasteiger partial charge on any atom is 0.269 e. The van der Waals surface area contributed by atoms with Crippen molar-refractivity contribution in [3.8, 4) is 6.07 Å². The number of halogens is 1. The minimum Gasteiger partial charge on any atom is -0.598 e. The second-order valence-corrected chi connectivity index (χ2v) is 11.3. The summed E-state index contributed by atoms with van der Waals surface area (Å²) < 4.78 is 29.2. The number of hydrogen-bond acceptors (Lipinski definition) is 6. The average Bonchev–Trinajstić information content (AvgIpc) is 2.53. The largest absolute Gasteiger partial charge is 0.598 e. The number of hydrogen-bond donors (Lipinski definition) is 1. The van der Waals surface area contributed by atoms with Crippen molar-refractivity contribution in [2.45, 2.75) is 62.0 Å². The molecule has 2 atom stereocenters. The van der Waals surface area contributed by atoms with Gasteiger partial charge in [-0.3, -0.25) is 10.1 Å². The van der Waals surface area contributed by atoms with E-state index in [0.717, 1.165) is 31.4 Å². The molecule has 1 unspecified atom stereocenters. The molecule has 0 saturated heterocycles. The first-order valence-electron chi connectivity index (χ1n) is 8.62. The van der Waals surface area contributed by atoms with Crippen LogP contribution >= 0.6 is 11.8 Å². The minimum absolute atomic E-state index is 0.0780. The Morgan fingerprint density at radius 1 is 1.41 bits per heavy atom. The van der Waals surface area contributed by atoms with Crippen molar-refractivity contribution < 1.29 is 13.9 Å². The molecule has 0 amide bonds. The first kappa shape index (κ1) is 22.0. The number of nitro benzene ring substituents is 1. The summed E-state index contributed by atoms with van der Waals surface area (Å²) in [4.78, 5) is 10.6. The fourth-order valence-electron chi connectivity index (χ4n) is 2.64. The Hall–Kier alpha value is -1.34. The third-order valence-electron chi connectivity index (χ3n) is 4.63. The standard InChI is InChI=1S/C18H24FN3O3S2/c1-16(2,3)27(25)21-17(4,12-26-18(11-20)8-5-9-18)14-10-13(22(23)24)6-7-15(14)19/h6-7,10,21H,5,8-9,12H2,1-4H3/t17-,27?/m0/s1. The topological polar surface area (TPSA) is 102 Å². The van der Waals surface area contributed by atoms with Gasteiger partial charge in [0.15, 0.2) is 0 Å². The molecule has 9 heteroatoms. The van der Waals surface area contributed by atoms with E-state index in [1.165, 1.54) is 17.8 Å². The lowest BCUT2D eigenvalue weighted by Crippen LogP contribution is -2.52. The predicted molar refractivity (Wildman–Crippen MR) is 106 cm³/mol. The predicted octanol–water partition coefficient (Wildman–Crippen LogP) is 4.18. The highest BCUT2D eigenvalue weighted by Crippen LogP contribution is 2.46. The van der Waals surface area contributed by atoms with E-state index in [2.05, 4.69) is 10.8 Å². The zero-order valence-electron chi connectivity index (χ0n) is 15.9. The highest BCUT2D eigenvalue weighted by Gasteiger charge is 2.44. The van der Waals surface area contributed by atoms with Crippen molar-refractivity contribution in [2.75, 3.05) is 5.75 Å². The molecular formula is C18H24FN3O3S2. The molecule has 2 rings (SSSR count). The molecule has 1 N–H and O–H groups in total. The molecule has 1 aliphatic rings. The highest BCUT2D eigenvalue weighted by atomic mass is 32.2. The van der Waals surface area contributed by atoms with Crippen LogP contribution in [0.3, 0.4) is 0 Å². The summed E-state index contributed by atoms with van der Waals surface area (Å²) in [6.07, 6.45) is 2.47. The summed E-state index contributed by atoms with van der Waals surface area (Å²) in [6, 6.07) is 5.67. The molecule has 27 heavy (non-hydrogen) atoms. The zero-order valence-corrected chi connectivity index (χ0v) is 17.5. The number of non-ortho nitro benzene ring substituents is 1. The van der Waals surface area contributed by atoms with Crippen molar-refractivity contribution in [2.24, 2.45) is 0 Å². The lowest BCUT2D eigenvalue weighted by atomic mass is 9.86. The van der Waals surface area contributed by atoms with Gasteiger partial charge in [0.1, 0.15) is 15.3 Å². The average molecular weight is 414 g/mol. The Morgan fingerprint density at radius 3 is 2.48 bits per heavy atom. The number of rotatable bonds is 7. The van der Waals surface area contributed by atoms with E-state index in [0.29, 0.717) is 0 Å². The fraction of sp³-hybridized carbons (Fsp3) is 0.611. The highest BCUT2D eigenvalue weighted by molar-refractivity contribution is 8.01. The summed E-state index contributed by atoms with van der Waals surface area (Å²) in [5, 5.41) is 20.6. The zero-order chi connectivity index (χ0) is 20.5. The summed E-state index contributed by atoms with van der Waals surface area (Å²) in [5.41, 5.74) is -1.29. The third kappa shape index (κ3) is 4.93. The molecule has 0 heterocycles. The Balaban J connectivity index is 2.41. The second kappa shape index (κ2) is 7.95. The van der Waals surface area contributed by atoms with Crippen LogP contribution in [0.25, 0.3) is 0 Å². The number of thioether (sulfide) groups is 1. The van der Waals surface area contributed by atoms with Crippen molar-refractivity contribution in [3.05, 3.63) is 39.7 Å². The van der Waals surface area contributed by atoms with Gasteiger partial charge in [-0.1, -0.05) is 0 Å². The number of benzene rings is 1. The summed E-state index contributed by atoms with van der Waals surface area (Å²) in [6.45, 7) is 7.04. The Bertz CT molecular complexity index is 759. The molecule has 1 fully saturated rings. The SMILES string of the molecule is CC(C)(C)[S+]([O-])N[C@@](C)(CSC1(C#N)CCC1)c1cc([N+](=O)[O-])ccc1F. The number of nitrogens with one attached hydrogen (secondary N) is 1. The van der Waals surface area contributed by atoms with Crippen molar-refractivity contribution in [1.29, 1.82) is 5.26 Å². The van der Waals surface area contributed by atoms with Gasteiger partial charge in [-0.2, -0.15) is 5.26 Å². The summed E-state index contributed by atoms with van der Waals surface area (Å²) >= 11 is -0.136. The van der Waals surface area contributed by atoms with E-state index >= 15 is 0 Å². The molecule has 0 aliphatic heterocycles. The fourth-order valence-corrected chi connectivity index (χ4v) is 5.06. The van der Waals surface area contributed by atoms with E-state index in [1.807, 2.05) is 0 Å². The number of nitriles is 1. The van der Waals surface area contributed by atoms with Crippen molar-refractivity contribution in [1.82, 2.24) is 4.72 Å². The van der Waals surface area contributed by atoms with Crippen LogP contribution in [0, 0.1) is 27.3 Å². The van der Waals surface area contributed by atoms with Gasteiger partial charge >= 0.3 is 0 Å². The monoisotopic (exact) mass is 413 g/mol. The van der Waals surface area contributed by atoms with Gasteiger partial charge in [0, 0.05) is 34.8 Å². The normalized spacial score (nSPS) is 19.4. The van der Waals surface area contributed by atoms with Gasteiger partial charge in [-0.05, 0) is 53.0 Å². The molecule has 148 valence electrons. The Morgan fingerprint density at radius 2 is 2.04 bits per heavy atom. The lowest BCUT2D eigenvalue weighted by molar-refractivity contribution is -0.385. The van der Waals surface area contributed by atoms with Gasteiger partial charge < -0.3 is 4.55 Å². The van der Waals surface area contributed by atoms with Crippen LogP contribution in [0.1, 0.15) is 52.5 Å². The van der Waals surface area contributed by atoms with Crippen molar-refractivity contribution in [3.63, 3.8) is 0 Å². The first-order chi connectivity index (χ1) is 12.4. The number of nitrogens with zero attached hydrogens (tertiary/aromatic N) is 2. The molecular weight excluding hydrogens is 389 g/mol. The molecule has 1 saturated carbocycles. The molecule has 0 radical (unpaired) electrons. The second-order valence-electron chi connectivity index (χ2n) is 7.98. The summed E-state index contributed by atoms with van der Waals surface area (Å²) in [7, 11) is 0. The molecule has 0 spiro atoms. The van der Waals surface area contributed by atoms with Crippen LogP contribution in [0.2, 0.25) is 0 Å². The Kier molecular flexibility index (Phi) is 6.47. The summed E-state index contributed by atoms with van der Waals surface area (Å²) in [5.74, 6) is -0.345. The van der Waals surface area contributed by atoms with Gasteiger partial charge in [-0.25, -0.2) is 4.39 Å². The van der Waals surface area contributed by atoms with Gasteiger partial charge in [-0.15, -0.1) is 16.5 Å². The molecule has 6 nitrogen and oxygen atoms in total. The van der Waals surface area contributed by atoms with E-state index in [4.69, 9.17) is 0 Å². The van der Waals surface area contributed by atoms with Crippen LogP contribution in [0.15, 0.2) is 18.2 Å². The minimum atomic E-state index is -1.53. The van der Waals surface area contributed by atoms with Gasteiger partial charge in [0.2, 0.25) is 0 Å². The van der Waals surface area contributed by atoms with E-state index in [-0.39, 0.29) is 17.0 Å². The third-order valence-corrected chi connectivity index (χ3v) is 8.15. The van der Waals surface area contributed by atoms with Crippen LogP contribution in [0.5, 0.6) is 0 Å². The Labute approximate surface area is 166 Å². The molecule has 0 aromatic heterocycles. The first-order valence-corrected chi connectivity index (χ1v) is 10.8. The van der Waals surface area contributed by atoms with Crippen LogP contribution in [-0.2, 0) is 16.9 Å². The van der Waals surface area contributed by atoms with E-state index in [9.17, 15) is 24.3 Å². The maximum atomic E-state index is 14.6. The lowest BCUT2D eigenvalue weighted by Gasteiger charge is -2.40. The number of nitro groups is 1. The van der Waals surface area contributed by atoms with Crippen LogP contribution in [-0.4, -0.2) is 24.7 Å². The van der Waals surface area contributed by atoms with Crippen LogP contribution in [0.4, 0.5) is 10.1 Å².